The van der Waals surface area contributed by atoms with E-state index in [4.69, 9.17) is 0 Å². The molecule has 1 aromatic rings. The Bertz CT molecular complexity index is 461. The van der Waals surface area contributed by atoms with Crippen LogP contribution < -0.4 is 10.6 Å². The Balaban J connectivity index is 1.70. The van der Waals surface area contributed by atoms with Crippen molar-refractivity contribution in [1.29, 1.82) is 0 Å². The monoisotopic (exact) mass is 244 g/mol. The van der Waals surface area contributed by atoms with Gasteiger partial charge in [0.2, 0.25) is 5.91 Å². The molecule has 18 heavy (non-hydrogen) atoms. The SMILES string of the molecule is Cc1ccccc1C1(C(=O)NCC2CNC2)CC1. The molecule has 2 aliphatic rings. The zero-order chi connectivity index (χ0) is 12.6. The molecule has 0 unspecified atom stereocenters. The van der Waals surface area contributed by atoms with Gasteiger partial charge in [0.1, 0.15) is 0 Å². The Morgan fingerprint density at radius 3 is 2.67 bits per heavy atom. The van der Waals surface area contributed by atoms with Gasteiger partial charge in [-0.1, -0.05) is 24.3 Å². The molecule has 1 heterocycles. The van der Waals surface area contributed by atoms with E-state index in [1.54, 1.807) is 0 Å². The molecule has 0 spiro atoms. The van der Waals surface area contributed by atoms with Gasteiger partial charge in [-0.15, -0.1) is 0 Å². The van der Waals surface area contributed by atoms with Crippen molar-refractivity contribution in [1.82, 2.24) is 10.6 Å². The molecule has 0 aromatic heterocycles. The van der Waals surface area contributed by atoms with Gasteiger partial charge in [0.05, 0.1) is 5.41 Å². The molecule has 96 valence electrons. The highest BCUT2D eigenvalue weighted by atomic mass is 16.2. The van der Waals surface area contributed by atoms with Crippen molar-refractivity contribution < 1.29 is 4.79 Å². The Hall–Kier alpha value is -1.35. The number of nitrogens with one attached hydrogen (secondary N) is 2. The van der Waals surface area contributed by atoms with Crippen LogP contribution in [0.4, 0.5) is 0 Å². The summed E-state index contributed by atoms with van der Waals surface area (Å²) in [6, 6.07) is 8.27. The van der Waals surface area contributed by atoms with Crippen molar-refractivity contribution >= 4 is 5.91 Å². The first kappa shape index (κ1) is 11.7. The minimum Gasteiger partial charge on any atom is -0.355 e. The minimum absolute atomic E-state index is 0.220. The van der Waals surface area contributed by atoms with Gasteiger partial charge in [0.15, 0.2) is 0 Å². The van der Waals surface area contributed by atoms with Gasteiger partial charge in [0.25, 0.3) is 0 Å². The van der Waals surface area contributed by atoms with Crippen LogP contribution in [-0.4, -0.2) is 25.5 Å². The fraction of sp³-hybridized carbons (Fsp3) is 0.533. The van der Waals surface area contributed by atoms with E-state index >= 15 is 0 Å². The van der Waals surface area contributed by atoms with E-state index in [2.05, 4.69) is 29.7 Å². The lowest BCUT2D eigenvalue weighted by molar-refractivity contribution is -0.123. The van der Waals surface area contributed by atoms with Crippen LogP contribution in [0.5, 0.6) is 0 Å². The lowest BCUT2D eigenvalue weighted by atomic mass is 9.90. The topological polar surface area (TPSA) is 41.1 Å². The maximum absolute atomic E-state index is 12.4. The van der Waals surface area contributed by atoms with Crippen LogP contribution in [0.3, 0.4) is 0 Å². The van der Waals surface area contributed by atoms with E-state index in [-0.39, 0.29) is 11.3 Å². The average Bonchev–Trinajstić information content (AvgIpc) is 3.08. The van der Waals surface area contributed by atoms with Gasteiger partial charge >= 0.3 is 0 Å². The minimum atomic E-state index is -0.220. The number of carbonyl (C=O) groups excluding carboxylic acids is 1. The number of rotatable bonds is 4. The number of hydrogen-bond donors (Lipinski definition) is 2. The molecule has 1 aliphatic heterocycles. The maximum Gasteiger partial charge on any atom is 0.230 e. The molecule has 3 rings (SSSR count). The smallest absolute Gasteiger partial charge is 0.230 e. The summed E-state index contributed by atoms with van der Waals surface area (Å²) in [5.41, 5.74) is 2.23. The second-order valence-corrected chi connectivity index (χ2v) is 5.63. The summed E-state index contributed by atoms with van der Waals surface area (Å²) in [7, 11) is 0. The van der Waals surface area contributed by atoms with Gasteiger partial charge in [-0.2, -0.15) is 0 Å². The quantitative estimate of drug-likeness (QED) is 0.839. The molecule has 0 bridgehead atoms. The Kier molecular flexibility index (Phi) is 2.86. The molecule has 1 saturated carbocycles. The Labute approximate surface area is 108 Å². The highest BCUT2D eigenvalue weighted by molar-refractivity contribution is 5.91. The summed E-state index contributed by atoms with van der Waals surface area (Å²) >= 11 is 0. The van der Waals surface area contributed by atoms with Crippen LogP contribution in [0, 0.1) is 12.8 Å². The summed E-state index contributed by atoms with van der Waals surface area (Å²) in [6.45, 7) is 4.99. The first-order valence-electron chi connectivity index (χ1n) is 6.77. The molecule has 2 fully saturated rings. The van der Waals surface area contributed by atoms with Gasteiger partial charge < -0.3 is 10.6 Å². The van der Waals surface area contributed by atoms with Crippen molar-refractivity contribution in [2.24, 2.45) is 5.92 Å². The van der Waals surface area contributed by atoms with Crippen LogP contribution >= 0.6 is 0 Å². The highest BCUT2D eigenvalue weighted by Gasteiger charge is 2.51. The van der Waals surface area contributed by atoms with Crippen molar-refractivity contribution in [2.75, 3.05) is 19.6 Å². The molecule has 0 radical (unpaired) electrons. The molecule has 1 aromatic carbocycles. The van der Waals surface area contributed by atoms with Crippen molar-refractivity contribution in [3.05, 3.63) is 35.4 Å². The standard InChI is InChI=1S/C15H20N2O/c1-11-4-2-3-5-13(11)15(6-7-15)14(18)17-10-12-8-16-9-12/h2-5,12,16H,6-10H2,1H3,(H,17,18). The summed E-state index contributed by atoms with van der Waals surface area (Å²) in [5, 5.41) is 6.36. The summed E-state index contributed by atoms with van der Waals surface area (Å²) < 4.78 is 0. The zero-order valence-electron chi connectivity index (χ0n) is 10.8. The molecule has 1 saturated heterocycles. The maximum atomic E-state index is 12.4. The number of aryl methyl sites for hydroxylation is 1. The number of carbonyl (C=O) groups is 1. The second kappa shape index (κ2) is 4.39. The molecule has 2 N–H and O–H groups in total. The van der Waals surface area contributed by atoms with Gasteiger partial charge in [0, 0.05) is 25.6 Å². The number of hydrogen-bond acceptors (Lipinski definition) is 2. The van der Waals surface area contributed by atoms with Gasteiger partial charge in [-0.25, -0.2) is 0 Å². The van der Waals surface area contributed by atoms with Crippen molar-refractivity contribution in [3.63, 3.8) is 0 Å². The van der Waals surface area contributed by atoms with Crippen molar-refractivity contribution in [2.45, 2.75) is 25.2 Å². The number of amides is 1. The Morgan fingerprint density at radius 2 is 2.11 bits per heavy atom. The van der Waals surface area contributed by atoms with Gasteiger partial charge in [-0.05, 0) is 30.9 Å². The Morgan fingerprint density at radius 1 is 1.39 bits per heavy atom. The summed E-state index contributed by atoms with van der Waals surface area (Å²) in [4.78, 5) is 12.4. The van der Waals surface area contributed by atoms with Crippen molar-refractivity contribution in [3.8, 4) is 0 Å². The van der Waals surface area contributed by atoms with Crippen LogP contribution in [0.1, 0.15) is 24.0 Å². The van der Waals surface area contributed by atoms with E-state index in [0.717, 1.165) is 32.5 Å². The largest absolute Gasteiger partial charge is 0.355 e. The fourth-order valence-electron chi connectivity index (χ4n) is 2.75. The first-order valence-corrected chi connectivity index (χ1v) is 6.77. The van der Waals surface area contributed by atoms with Crippen LogP contribution in [0.2, 0.25) is 0 Å². The second-order valence-electron chi connectivity index (χ2n) is 5.63. The average molecular weight is 244 g/mol. The molecule has 1 aliphatic carbocycles. The van der Waals surface area contributed by atoms with Crippen LogP contribution in [-0.2, 0) is 10.2 Å². The first-order chi connectivity index (χ1) is 8.72. The predicted octanol–water partition coefficient (Wildman–Crippen LogP) is 1.36. The summed E-state index contributed by atoms with van der Waals surface area (Å²) in [5.74, 6) is 0.852. The number of benzene rings is 1. The molecule has 3 heteroatoms. The fourth-order valence-corrected chi connectivity index (χ4v) is 2.75. The van der Waals surface area contributed by atoms with Crippen LogP contribution in [0.25, 0.3) is 0 Å². The third-order valence-electron chi connectivity index (χ3n) is 4.26. The van der Waals surface area contributed by atoms with Crippen LogP contribution in [0.15, 0.2) is 24.3 Å². The molecule has 1 amide bonds. The molecular weight excluding hydrogens is 224 g/mol. The van der Waals surface area contributed by atoms with E-state index in [1.807, 2.05) is 12.1 Å². The van der Waals surface area contributed by atoms with E-state index in [1.165, 1.54) is 11.1 Å². The third-order valence-corrected chi connectivity index (χ3v) is 4.26. The lowest BCUT2D eigenvalue weighted by Crippen LogP contribution is -2.49. The van der Waals surface area contributed by atoms with E-state index in [9.17, 15) is 4.79 Å². The summed E-state index contributed by atoms with van der Waals surface area (Å²) in [6.07, 6.45) is 1.99. The van der Waals surface area contributed by atoms with E-state index in [0.29, 0.717) is 5.92 Å². The molecule has 3 nitrogen and oxygen atoms in total. The molecule has 0 atom stereocenters. The highest BCUT2D eigenvalue weighted by Crippen LogP contribution is 2.49. The van der Waals surface area contributed by atoms with E-state index < -0.39 is 0 Å². The predicted molar refractivity (Wildman–Crippen MR) is 71.5 cm³/mol. The van der Waals surface area contributed by atoms with Gasteiger partial charge in [-0.3, -0.25) is 4.79 Å². The molecular formula is C15H20N2O. The zero-order valence-corrected chi connectivity index (χ0v) is 10.8. The third kappa shape index (κ3) is 1.93. The lowest BCUT2D eigenvalue weighted by Gasteiger charge is -2.28. The normalized spacial score (nSPS) is 21.2.